The number of carboxylic acid groups (broad SMARTS) is 1. The standard InChI is InChI=1S/C19H13Cl2F3O5/c1-18(10-2-4-11(5-3-10)29-19(22,23)24)7-9-6-12(28-8-13(25)26)15(20)16(21)14(9)17(18)27/h2-6H,7-8H2,1H3,(H,25,26)/t18-/m1/s1. The summed E-state index contributed by atoms with van der Waals surface area (Å²) in [5, 5.41) is 8.61. The number of carboxylic acids is 1. The Kier molecular flexibility index (Phi) is 5.44. The molecule has 1 atom stereocenters. The molecule has 2 aromatic carbocycles. The summed E-state index contributed by atoms with van der Waals surface area (Å²) in [5.74, 6) is -1.93. The maximum atomic E-state index is 13.1. The van der Waals surface area contributed by atoms with Crippen LogP contribution in [-0.2, 0) is 16.6 Å². The highest BCUT2D eigenvalue weighted by atomic mass is 35.5. The number of ketones is 1. The number of aliphatic carboxylic acids is 1. The fraction of sp³-hybridized carbons (Fsp3) is 0.263. The molecule has 29 heavy (non-hydrogen) atoms. The number of alkyl halides is 3. The van der Waals surface area contributed by atoms with Crippen molar-refractivity contribution < 1.29 is 37.3 Å². The number of carbonyl (C=O) groups is 2. The van der Waals surface area contributed by atoms with Crippen LogP contribution < -0.4 is 9.47 Å². The topological polar surface area (TPSA) is 72.8 Å². The average molecular weight is 449 g/mol. The molecule has 2 aromatic rings. The first-order valence-electron chi connectivity index (χ1n) is 8.19. The van der Waals surface area contributed by atoms with Gasteiger partial charge in [-0.2, -0.15) is 0 Å². The van der Waals surface area contributed by atoms with E-state index in [1.807, 2.05) is 0 Å². The molecule has 1 aliphatic carbocycles. The first kappa shape index (κ1) is 21.3. The van der Waals surface area contributed by atoms with Crippen LogP contribution in [0.3, 0.4) is 0 Å². The molecular weight excluding hydrogens is 436 g/mol. The van der Waals surface area contributed by atoms with Gasteiger partial charge in [-0.25, -0.2) is 4.79 Å². The zero-order valence-corrected chi connectivity index (χ0v) is 16.3. The summed E-state index contributed by atoms with van der Waals surface area (Å²) in [4.78, 5) is 23.8. The molecule has 0 bridgehead atoms. The molecule has 0 amide bonds. The van der Waals surface area contributed by atoms with Crippen LogP contribution in [0.25, 0.3) is 0 Å². The summed E-state index contributed by atoms with van der Waals surface area (Å²) in [6.45, 7) is 0.998. The zero-order valence-electron chi connectivity index (χ0n) is 14.8. The van der Waals surface area contributed by atoms with E-state index >= 15 is 0 Å². The number of halogens is 5. The molecule has 10 heteroatoms. The van der Waals surface area contributed by atoms with Gasteiger partial charge in [-0.1, -0.05) is 35.3 Å². The number of carbonyl (C=O) groups excluding carboxylic acids is 1. The number of fused-ring (bicyclic) bond motifs is 1. The van der Waals surface area contributed by atoms with Crippen molar-refractivity contribution in [2.75, 3.05) is 6.61 Å². The zero-order chi connectivity index (χ0) is 21.6. The molecule has 0 radical (unpaired) electrons. The summed E-state index contributed by atoms with van der Waals surface area (Å²) >= 11 is 12.4. The van der Waals surface area contributed by atoms with Gasteiger partial charge in [0.25, 0.3) is 0 Å². The lowest BCUT2D eigenvalue weighted by Crippen LogP contribution is -2.29. The highest BCUT2D eigenvalue weighted by molar-refractivity contribution is 6.45. The van der Waals surface area contributed by atoms with Crippen LogP contribution >= 0.6 is 23.2 Å². The molecule has 3 rings (SSSR count). The minimum Gasteiger partial charge on any atom is -0.480 e. The third-order valence-corrected chi connectivity index (χ3v) is 5.45. The number of Topliss-reactive ketones (excluding diaryl/α,β-unsaturated/α-hetero) is 1. The molecule has 0 aliphatic heterocycles. The fourth-order valence-electron chi connectivity index (χ4n) is 3.28. The van der Waals surface area contributed by atoms with E-state index < -0.39 is 30.1 Å². The minimum absolute atomic E-state index is 0.0313. The summed E-state index contributed by atoms with van der Waals surface area (Å²) in [5.41, 5.74) is 0.0473. The molecule has 1 aliphatic rings. The smallest absolute Gasteiger partial charge is 0.480 e. The molecule has 0 spiro atoms. The van der Waals surface area contributed by atoms with E-state index in [1.54, 1.807) is 6.92 Å². The van der Waals surface area contributed by atoms with Gasteiger partial charge in [-0.3, -0.25) is 4.79 Å². The van der Waals surface area contributed by atoms with Crippen molar-refractivity contribution in [2.45, 2.75) is 25.1 Å². The second-order valence-corrected chi connectivity index (χ2v) is 7.39. The maximum Gasteiger partial charge on any atom is 0.573 e. The molecule has 0 saturated carbocycles. The van der Waals surface area contributed by atoms with Crippen LogP contribution in [0, 0.1) is 0 Å². The summed E-state index contributed by atoms with van der Waals surface area (Å²) in [7, 11) is 0. The monoisotopic (exact) mass is 448 g/mol. The number of hydrogen-bond donors (Lipinski definition) is 1. The lowest BCUT2D eigenvalue weighted by molar-refractivity contribution is -0.274. The predicted molar refractivity (Wildman–Crippen MR) is 98.1 cm³/mol. The van der Waals surface area contributed by atoms with Gasteiger partial charge in [-0.05, 0) is 42.7 Å². The highest BCUT2D eigenvalue weighted by Gasteiger charge is 2.45. The first-order chi connectivity index (χ1) is 13.4. The van der Waals surface area contributed by atoms with Crippen molar-refractivity contribution in [2.24, 2.45) is 0 Å². The van der Waals surface area contributed by atoms with E-state index in [-0.39, 0.29) is 33.6 Å². The molecule has 5 nitrogen and oxygen atoms in total. The summed E-state index contributed by atoms with van der Waals surface area (Å²) in [6.07, 6.45) is -4.64. The Hall–Kier alpha value is -2.45. The highest BCUT2D eigenvalue weighted by Crippen LogP contribution is 2.47. The van der Waals surface area contributed by atoms with Crippen LogP contribution in [0.1, 0.15) is 28.4 Å². The van der Waals surface area contributed by atoms with Gasteiger partial charge in [-0.15, -0.1) is 13.2 Å². The SMILES string of the molecule is C[C@]1(c2ccc(OC(F)(F)F)cc2)Cc2cc(OCC(=O)O)c(Cl)c(Cl)c2C1=O. The Morgan fingerprint density at radius 3 is 2.38 bits per heavy atom. The second-order valence-electron chi connectivity index (χ2n) is 6.63. The summed E-state index contributed by atoms with van der Waals surface area (Å²) in [6, 6.07) is 6.46. The van der Waals surface area contributed by atoms with Gasteiger partial charge in [0, 0.05) is 5.56 Å². The van der Waals surface area contributed by atoms with Crippen LogP contribution in [0.2, 0.25) is 10.0 Å². The molecular formula is C19H13Cl2F3O5. The van der Waals surface area contributed by atoms with E-state index in [0.717, 1.165) is 12.1 Å². The van der Waals surface area contributed by atoms with Crippen molar-refractivity contribution in [1.82, 2.24) is 0 Å². The lowest BCUT2D eigenvalue weighted by atomic mass is 9.79. The Bertz CT molecular complexity index is 989. The molecule has 0 aromatic heterocycles. The van der Waals surface area contributed by atoms with Crippen molar-refractivity contribution in [3.05, 3.63) is 57.1 Å². The van der Waals surface area contributed by atoms with E-state index in [0.29, 0.717) is 11.1 Å². The van der Waals surface area contributed by atoms with Crippen molar-refractivity contribution in [3.63, 3.8) is 0 Å². The van der Waals surface area contributed by atoms with Gasteiger partial charge in [0.1, 0.15) is 16.5 Å². The Labute approximate surface area is 172 Å². The third kappa shape index (κ3) is 4.13. The Morgan fingerprint density at radius 2 is 1.83 bits per heavy atom. The van der Waals surface area contributed by atoms with Crippen molar-refractivity contribution >= 4 is 35.0 Å². The second kappa shape index (κ2) is 7.42. The van der Waals surface area contributed by atoms with Gasteiger partial charge in [0.15, 0.2) is 12.4 Å². The predicted octanol–water partition coefficient (Wildman–Crippen LogP) is 5.05. The minimum atomic E-state index is -4.82. The maximum absolute atomic E-state index is 13.1. The lowest BCUT2D eigenvalue weighted by Gasteiger charge is -2.23. The van der Waals surface area contributed by atoms with Crippen molar-refractivity contribution in [1.29, 1.82) is 0 Å². The van der Waals surface area contributed by atoms with E-state index in [4.69, 9.17) is 33.0 Å². The van der Waals surface area contributed by atoms with Crippen molar-refractivity contribution in [3.8, 4) is 11.5 Å². The molecule has 154 valence electrons. The average Bonchev–Trinajstić information content (AvgIpc) is 2.87. The van der Waals surface area contributed by atoms with Gasteiger partial charge < -0.3 is 14.6 Å². The van der Waals surface area contributed by atoms with Crippen LogP contribution in [0.4, 0.5) is 13.2 Å². The molecule has 0 fully saturated rings. The van der Waals surface area contributed by atoms with Crippen LogP contribution in [-0.4, -0.2) is 29.8 Å². The van der Waals surface area contributed by atoms with Crippen LogP contribution in [0.5, 0.6) is 11.5 Å². The summed E-state index contributed by atoms with van der Waals surface area (Å²) < 4.78 is 46.0. The van der Waals surface area contributed by atoms with Gasteiger partial charge in [0.2, 0.25) is 0 Å². The Balaban J connectivity index is 1.94. The first-order valence-corrected chi connectivity index (χ1v) is 8.94. The third-order valence-electron chi connectivity index (χ3n) is 4.60. The molecule has 0 saturated heterocycles. The number of rotatable bonds is 5. The van der Waals surface area contributed by atoms with E-state index in [9.17, 15) is 22.8 Å². The molecule has 0 heterocycles. The van der Waals surface area contributed by atoms with Crippen LogP contribution in [0.15, 0.2) is 30.3 Å². The van der Waals surface area contributed by atoms with Gasteiger partial charge >= 0.3 is 12.3 Å². The normalized spacial score (nSPS) is 18.5. The molecule has 0 unspecified atom stereocenters. The fourth-order valence-corrected chi connectivity index (χ4v) is 3.78. The Morgan fingerprint density at radius 1 is 1.21 bits per heavy atom. The van der Waals surface area contributed by atoms with E-state index in [1.165, 1.54) is 18.2 Å². The quantitative estimate of drug-likeness (QED) is 0.692. The largest absolute Gasteiger partial charge is 0.573 e. The molecule has 1 N–H and O–H groups in total. The number of hydrogen-bond acceptors (Lipinski definition) is 4. The van der Waals surface area contributed by atoms with Gasteiger partial charge in [0.05, 0.1) is 10.4 Å². The number of benzene rings is 2. The van der Waals surface area contributed by atoms with E-state index in [2.05, 4.69) is 4.74 Å². The number of ether oxygens (including phenoxy) is 2.